The van der Waals surface area contributed by atoms with E-state index in [1.807, 2.05) is 6.92 Å². The second-order valence-electron chi connectivity index (χ2n) is 8.05. The highest BCUT2D eigenvalue weighted by molar-refractivity contribution is 5.97. The average molecular weight is 472 g/mol. The summed E-state index contributed by atoms with van der Waals surface area (Å²) in [5.41, 5.74) is 2.94. The molecule has 182 valence electrons. The Morgan fingerprint density at radius 2 is 2.12 bits per heavy atom. The first-order valence-corrected chi connectivity index (χ1v) is 11.0. The van der Waals surface area contributed by atoms with E-state index in [4.69, 9.17) is 9.72 Å². The minimum absolute atomic E-state index is 0.108. The van der Waals surface area contributed by atoms with Crippen molar-refractivity contribution in [3.05, 3.63) is 29.7 Å². The van der Waals surface area contributed by atoms with Gasteiger partial charge in [0.25, 0.3) is 6.47 Å². The fourth-order valence-electron chi connectivity index (χ4n) is 3.85. The van der Waals surface area contributed by atoms with Crippen LogP contribution in [0.1, 0.15) is 43.1 Å². The number of ether oxygens (including phenoxy) is 2. The van der Waals surface area contributed by atoms with E-state index in [1.54, 1.807) is 25.2 Å². The molecule has 0 spiro atoms. The van der Waals surface area contributed by atoms with E-state index in [2.05, 4.69) is 20.4 Å². The third-order valence-electron chi connectivity index (χ3n) is 5.65. The molecule has 0 radical (unpaired) electrons. The van der Waals surface area contributed by atoms with E-state index in [9.17, 15) is 19.2 Å². The first-order valence-electron chi connectivity index (χ1n) is 11.0. The Bertz CT molecular complexity index is 1070. The van der Waals surface area contributed by atoms with Crippen molar-refractivity contribution in [2.24, 2.45) is 0 Å². The number of hydrogen-bond acceptors (Lipinski definition) is 7. The lowest BCUT2D eigenvalue weighted by atomic mass is 9.98. The lowest BCUT2D eigenvalue weighted by Gasteiger charge is -2.22. The molecule has 1 aliphatic rings. The van der Waals surface area contributed by atoms with Gasteiger partial charge < -0.3 is 24.7 Å². The zero-order valence-electron chi connectivity index (χ0n) is 19.5. The van der Waals surface area contributed by atoms with Gasteiger partial charge in [0.05, 0.1) is 31.0 Å². The molecule has 1 unspecified atom stereocenters. The third kappa shape index (κ3) is 5.91. The zero-order valence-corrected chi connectivity index (χ0v) is 19.5. The highest BCUT2D eigenvalue weighted by Gasteiger charge is 2.28. The fourth-order valence-corrected chi connectivity index (χ4v) is 3.85. The highest BCUT2D eigenvalue weighted by atomic mass is 16.5. The van der Waals surface area contributed by atoms with Crippen LogP contribution in [0.5, 0.6) is 0 Å². The molecule has 11 nitrogen and oxygen atoms in total. The number of amides is 3. The maximum absolute atomic E-state index is 13.2. The molecule has 2 bridgehead atoms. The number of rotatable bonds is 6. The first-order chi connectivity index (χ1) is 16.3. The van der Waals surface area contributed by atoms with Crippen LogP contribution in [0.25, 0.3) is 11.3 Å². The molecule has 0 saturated heterocycles. The molecule has 0 saturated carbocycles. The van der Waals surface area contributed by atoms with Crippen molar-refractivity contribution in [1.29, 1.82) is 0 Å². The van der Waals surface area contributed by atoms with Gasteiger partial charge in [0.15, 0.2) is 0 Å². The van der Waals surface area contributed by atoms with Gasteiger partial charge in [0.2, 0.25) is 11.8 Å². The number of carbonyl (C=O) groups is 4. The number of anilines is 2. The molecule has 2 aromatic rings. The van der Waals surface area contributed by atoms with Crippen molar-refractivity contribution in [2.45, 2.75) is 38.5 Å². The van der Waals surface area contributed by atoms with Crippen LogP contribution >= 0.6 is 0 Å². The number of likely N-dealkylation sites (N-methyl/N-ethyl adjacent to an activating group) is 1. The van der Waals surface area contributed by atoms with Gasteiger partial charge in [-0.1, -0.05) is 6.42 Å². The molecule has 1 aliphatic heterocycles. The van der Waals surface area contributed by atoms with Crippen LogP contribution in [0, 0.1) is 6.92 Å². The molecular formula is C23H29N5O6. The number of aromatic nitrogens is 2. The largest absolute Gasteiger partial charge is 0.466 e. The van der Waals surface area contributed by atoms with Crippen molar-refractivity contribution in [2.75, 3.05) is 37.9 Å². The molecule has 1 aromatic heterocycles. The van der Waals surface area contributed by atoms with Crippen LogP contribution in [-0.4, -0.2) is 66.6 Å². The summed E-state index contributed by atoms with van der Waals surface area (Å²) in [6, 6.07) is 5.08. The lowest BCUT2D eigenvalue weighted by Crippen LogP contribution is -2.34. The van der Waals surface area contributed by atoms with E-state index in [0.717, 1.165) is 5.69 Å². The number of benzene rings is 1. The van der Waals surface area contributed by atoms with Gasteiger partial charge in [-0.3, -0.25) is 19.7 Å². The maximum Gasteiger partial charge on any atom is 0.411 e. The summed E-state index contributed by atoms with van der Waals surface area (Å²) in [5.74, 6) is -0.305. The summed E-state index contributed by atoms with van der Waals surface area (Å²) >= 11 is 0. The molecule has 3 N–H and O–H groups in total. The van der Waals surface area contributed by atoms with E-state index in [0.29, 0.717) is 54.2 Å². The molecule has 34 heavy (non-hydrogen) atoms. The number of imidazole rings is 1. The minimum Gasteiger partial charge on any atom is -0.466 e. The van der Waals surface area contributed by atoms with E-state index < -0.39 is 12.0 Å². The average Bonchev–Trinajstić information content (AvgIpc) is 3.19. The topological polar surface area (TPSA) is 143 Å². The van der Waals surface area contributed by atoms with E-state index in [1.165, 1.54) is 12.0 Å². The predicted octanol–water partition coefficient (Wildman–Crippen LogP) is 2.79. The van der Waals surface area contributed by atoms with Gasteiger partial charge in [-0.25, -0.2) is 9.78 Å². The Hall–Kier alpha value is -3.89. The van der Waals surface area contributed by atoms with Gasteiger partial charge in [0.1, 0.15) is 12.4 Å². The zero-order chi connectivity index (χ0) is 24.7. The summed E-state index contributed by atoms with van der Waals surface area (Å²) in [4.78, 5) is 57.3. The number of carbonyl (C=O) groups excluding carboxylic acids is 4. The Labute approximate surface area is 197 Å². The Morgan fingerprint density at radius 1 is 1.32 bits per heavy atom. The van der Waals surface area contributed by atoms with Gasteiger partial charge in [-0.05, 0) is 38.0 Å². The van der Waals surface area contributed by atoms with Crippen LogP contribution in [0.3, 0.4) is 0 Å². The molecule has 3 rings (SSSR count). The van der Waals surface area contributed by atoms with Crippen LogP contribution in [0.2, 0.25) is 0 Å². The van der Waals surface area contributed by atoms with Crippen molar-refractivity contribution in [1.82, 2.24) is 14.9 Å². The van der Waals surface area contributed by atoms with Crippen LogP contribution < -0.4 is 10.6 Å². The number of nitrogens with one attached hydrogen (secondary N) is 3. The molecular weight excluding hydrogens is 442 g/mol. The normalized spacial score (nSPS) is 15.6. The molecule has 0 aliphatic carbocycles. The Balaban J connectivity index is 1.99. The summed E-state index contributed by atoms with van der Waals surface area (Å²) < 4.78 is 9.36. The lowest BCUT2D eigenvalue weighted by molar-refractivity contribution is -0.135. The SMILES string of the molecule is COC(=O)Nc1ccc2c(c1)NC(=O)CCCCC(C(=O)N(C)CCOC=O)c1nc-2c(C)[nH]1. The highest BCUT2D eigenvalue weighted by Crippen LogP contribution is 2.34. The minimum atomic E-state index is -0.623. The van der Waals surface area contributed by atoms with Crippen molar-refractivity contribution in [3.63, 3.8) is 0 Å². The number of aromatic amines is 1. The molecule has 1 atom stereocenters. The molecule has 11 heteroatoms. The van der Waals surface area contributed by atoms with Crippen LogP contribution in [-0.2, 0) is 23.9 Å². The van der Waals surface area contributed by atoms with Crippen molar-refractivity contribution in [3.8, 4) is 11.3 Å². The smallest absolute Gasteiger partial charge is 0.411 e. The van der Waals surface area contributed by atoms with Gasteiger partial charge in [0, 0.05) is 30.4 Å². The quantitative estimate of drug-likeness (QED) is 0.434. The van der Waals surface area contributed by atoms with Gasteiger partial charge in [-0.2, -0.15) is 0 Å². The molecule has 1 aromatic carbocycles. The van der Waals surface area contributed by atoms with E-state index in [-0.39, 0.29) is 31.4 Å². The third-order valence-corrected chi connectivity index (χ3v) is 5.65. The summed E-state index contributed by atoms with van der Waals surface area (Å²) in [6.07, 6.45) is 1.42. The molecule has 0 fully saturated rings. The van der Waals surface area contributed by atoms with Gasteiger partial charge >= 0.3 is 6.09 Å². The number of aryl methyl sites for hydroxylation is 1. The van der Waals surface area contributed by atoms with E-state index >= 15 is 0 Å². The summed E-state index contributed by atoms with van der Waals surface area (Å²) in [6.45, 7) is 2.57. The first kappa shape index (κ1) is 24.7. The second kappa shape index (κ2) is 11.3. The van der Waals surface area contributed by atoms with Gasteiger partial charge in [-0.15, -0.1) is 0 Å². The number of H-pyrrole nitrogens is 1. The number of hydrogen-bond donors (Lipinski definition) is 3. The van der Waals surface area contributed by atoms with Crippen molar-refractivity contribution >= 4 is 35.8 Å². The van der Waals surface area contributed by atoms with Crippen LogP contribution in [0.4, 0.5) is 16.2 Å². The monoisotopic (exact) mass is 471 g/mol. The predicted molar refractivity (Wildman–Crippen MR) is 124 cm³/mol. The molecule has 3 amide bonds. The maximum atomic E-state index is 13.2. The Morgan fingerprint density at radius 3 is 2.85 bits per heavy atom. The number of fused-ring (bicyclic) bond motifs is 4. The van der Waals surface area contributed by atoms with Crippen molar-refractivity contribution < 1.29 is 28.7 Å². The number of nitrogens with zero attached hydrogens (tertiary/aromatic N) is 2. The Kier molecular flexibility index (Phi) is 8.23. The number of methoxy groups -OCH3 is 1. The molecule has 2 heterocycles. The second-order valence-corrected chi connectivity index (χ2v) is 8.05. The summed E-state index contributed by atoms with van der Waals surface area (Å²) in [7, 11) is 2.92. The summed E-state index contributed by atoms with van der Waals surface area (Å²) in [5, 5.41) is 5.51. The fraction of sp³-hybridized carbons (Fsp3) is 0.435. The van der Waals surface area contributed by atoms with Crippen LogP contribution in [0.15, 0.2) is 18.2 Å². The standard InChI is InChI=1S/C23H29N5O6/c1-14-20-16-9-8-15(25-23(32)33-3)12-18(16)26-19(30)7-5-4-6-17(21(24-14)27-20)22(31)28(2)10-11-34-13-29/h8-9,12-13,17H,4-7,10-11H2,1-3H3,(H,24,27)(H,25,32)(H,26,30).